The van der Waals surface area contributed by atoms with Crippen molar-refractivity contribution in [2.75, 3.05) is 7.11 Å². The topological polar surface area (TPSA) is 99.6 Å². The average molecular weight is 336 g/mol. The van der Waals surface area contributed by atoms with Crippen LogP contribution in [0.25, 0.3) is 11.3 Å². The molecule has 0 aliphatic carbocycles. The molecule has 25 heavy (non-hydrogen) atoms. The quantitative estimate of drug-likeness (QED) is 0.492. The number of methoxy groups -OCH3 is 1. The van der Waals surface area contributed by atoms with Gasteiger partial charge in [0.05, 0.1) is 19.0 Å². The van der Waals surface area contributed by atoms with Crippen molar-refractivity contribution in [2.24, 2.45) is 5.10 Å². The molecule has 0 aliphatic rings. The Hall–Kier alpha value is -3.61. The van der Waals surface area contributed by atoms with E-state index in [0.29, 0.717) is 17.0 Å². The van der Waals surface area contributed by atoms with Crippen LogP contribution in [0.4, 0.5) is 0 Å². The minimum Gasteiger partial charge on any atom is -0.504 e. The normalized spacial score (nSPS) is 10.8. The third kappa shape index (κ3) is 3.66. The van der Waals surface area contributed by atoms with Crippen LogP contribution in [0.1, 0.15) is 16.1 Å². The highest BCUT2D eigenvalue weighted by Gasteiger charge is 2.10. The molecule has 1 amide bonds. The second kappa shape index (κ2) is 7.31. The summed E-state index contributed by atoms with van der Waals surface area (Å²) in [5.41, 5.74) is 4.66. The molecule has 0 atom stereocenters. The van der Waals surface area contributed by atoms with Gasteiger partial charge in [0.15, 0.2) is 11.5 Å². The number of ether oxygens (including phenoxy) is 1. The Morgan fingerprint density at radius 3 is 2.80 bits per heavy atom. The maximum absolute atomic E-state index is 12.1. The summed E-state index contributed by atoms with van der Waals surface area (Å²) < 4.78 is 5.01. The lowest BCUT2D eigenvalue weighted by molar-refractivity contribution is 0.0950. The molecular weight excluding hydrogens is 320 g/mol. The number of hydrogen-bond donors (Lipinski definition) is 3. The van der Waals surface area contributed by atoms with Gasteiger partial charge in [-0.3, -0.25) is 9.89 Å². The van der Waals surface area contributed by atoms with Crippen molar-refractivity contribution in [1.29, 1.82) is 0 Å². The van der Waals surface area contributed by atoms with Gasteiger partial charge in [0.25, 0.3) is 5.91 Å². The number of carbonyl (C=O) groups is 1. The fourth-order valence-corrected chi connectivity index (χ4v) is 2.22. The fourth-order valence-electron chi connectivity index (χ4n) is 2.22. The highest BCUT2D eigenvalue weighted by molar-refractivity contribution is 5.94. The molecule has 7 heteroatoms. The van der Waals surface area contributed by atoms with Crippen molar-refractivity contribution in [3.05, 3.63) is 65.9 Å². The number of hydrogen-bond acceptors (Lipinski definition) is 5. The molecular formula is C18H16N4O3. The number of hydrazone groups is 1. The van der Waals surface area contributed by atoms with Crippen molar-refractivity contribution in [3.8, 4) is 22.8 Å². The zero-order chi connectivity index (χ0) is 17.6. The minimum atomic E-state index is -0.437. The lowest BCUT2D eigenvalue weighted by atomic mass is 10.1. The molecule has 0 spiro atoms. The molecule has 0 radical (unpaired) electrons. The van der Waals surface area contributed by atoms with Crippen molar-refractivity contribution in [1.82, 2.24) is 15.6 Å². The van der Waals surface area contributed by atoms with Crippen LogP contribution >= 0.6 is 0 Å². The van der Waals surface area contributed by atoms with Crippen LogP contribution in [0.5, 0.6) is 11.5 Å². The van der Waals surface area contributed by atoms with Gasteiger partial charge >= 0.3 is 0 Å². The lowest BCUT2D eigenvalue weighted by Crippen LogP contribution is -2.18. The summed E-state index contributed by atoms with van der Waals surface area (Å²) in [6, 6.07) is 16.1. The first-order chi connectivity index (χ1) is 12.2. The van der Waals surface area contributed by atoms with Crippen molar-refractivity contribution < 1.29 is 14.6 Å². The summed E-state index contributed by atoms with van der Waals surface area (Å²) in [7, 11) is 1.46. The van der Waals surface area contributed by atoms with E-state index in [1.54, 1.807) is 24.3 Å². The summed E-state index contributed by atoms with van der Waals surface area (Å²) in [4.78, 5) is 12.1. The highest BCUT2D eigenvalue weighted by Crippen LogP contribution is 2.27. The van der Waals surface area contributed by atoms with Crippen LogP contribution in [0, 0.1) is 0 Å². The number of aromatic hydroxyl groups is 1. The first-order valence-electron chi connectivity index (χ1n) is 7.49. The zero-order valence-corrected chi connectivity index (χ0v) is 13.4. The maximum Gasteiger partial charge on any atom is 0.289 e. The number of aromatic nitrogens is 2. The molecule has 0 saturated heterocycles. The number of rotatable bonds is 5. The third-order valence-corrected chi connectivity index (χ3v) is 3.51. The van der Waals surface area contributed by atoms with Crippen LogP contribution in [0.15, 0.2) is 59.7 Å². The number of nitrogens with one attached hydrogen (secondary N) is 2. The Labute approximate surface area is 144 Å². The second-order valence-electron chi connectivity index (χ2n) is 5.13. The van der Waals surface area contributed by atoms with Crippen LogP contribution < -0.4 is 10.2 Å². The Balaban J connectivity index is 1.68. The molecule has 7 nitrogen and oxygen atoms in total. The number of carbonyl (C=O) groups excluding carboxylic acids is 1. The zero-order valence-electron chi connectivity index (χ0n) is 13.4. The summed E-state index contributed by atoms with van der Waals surface area (Å²) in [6.07, 6.45) is 1.34. The molecule has 1 heterocycles. The number of amides is 1. The van der Waals surface area contributed by atoms with Gasteiger partial charge in [-0.15, -0.1) is 0 Å². The Morgan fingerprint density at radius 2 is 2.04 bits per heavy atom. The van der Waals surface area contributed by atoms with Gasteiger partial charge in [0.2, 0.25) is 0 Å². The SMILES string of the molecule is COc1cccc(/C=N\NC(=O)c2cc(-c3ccccc3)n[nH]2)c1O. The molecule has 3 aromatic rings. The summed E-state index contributed by atoms with van der Waals surface area (Å²) in [5.74, 6) is -0.152. The molecule has 0 aliphatic heterocycles. The van der Waals surface area contributed by atoms with Crippen molar-refractivity contribution in [3.63, 3.8) is 0 Å². The maximum atomic E-state index is 12.1. The smallest absolute Gasteiger partial charge is 0.289 e. The molecule has 2 aromatic carbocycles. The fraction of sp³-hybridized carbons (Fsp3) is 0.0556. The third-order valence-electron chi connectivity index (χ3n) is 3.51. The second-order valence-corrected chi connectivity index (χ2v) is 5.13. The minimum absolute atomic E-state index is 0.0455. The van der Waals surface area contributed by atoms with E-state index in [1.165, 1.54) is 13.3 Å². The number of aromatic amines is 1. The van der Waals surface area contributed by atoms with Crippen molar-refractivity contribution >= 4 is 12.1 Å². The Bertz CT molecular complexity index is 904. The van der Waals surface area contributed by atoms with E-state index in [0.717, 1.165) is 5.56 Å². The Kier molecular flexibility index (Phi) is 4.75. The molecule has 3 N–H and O–H groups in total. The average Bonchev–Trinajstić information content (AvgIpc) is 3.14. The molecule has 3 rings (SSSR count). The molecule has 0 unspecified atom stereocenters. The van der Waals surface area contributed by atoms with E-state index in [1.807, 2.05) is 30.3 Å². The number of H-pyrrole nitrogens is 1. The summed E-state index contributed by atoms with van der Waals surface area (Å²) in [6.45, 7) is 0. The van der Waals surface area contributed by atoms with Gasteiger partial charge < -0.3 is 9.84 Å². The molecule has 1 aromatic heterocycles. The van der Waals surface area contributed by atoms with Gasteiger partial charge in [0.1, 0.15) is 5.69 Å². The summed E-state index contributed by atoms with van der Waals surface area (Å²) >= 11 is 0. The monoisotopic (exact) mass is 336 g/mol. The first kappa shape index (κ1) is 16.3. The van der Waals surface area contributed by atoms with Gasteiger partial charge in [-0.05, 0) is 18.2 Å². The largest absolute Gasteiger partial charge is 0.504 e. The van der Waals surface area contributed by atoms with Gasteiger partial charge in [0, 0.05) is 11.1 Å². The van der Waals surface area contributed by atoms with Gasteiger partial charge in [-0.2, -0.15) is 10.2 Å². The number of benzene rings is 2. The Morgan fingerprint density at radius 1 is 1.24 bits per heavy atom. The van der Waals surface area contributed by atoms with Crippen LogP contribution in [0.3, 0.4) is 0 Å². The number of phenolic OH excluding ortho intramolecular Hbond substituents is 1. The van der Waals surface area contributed by atoms with E-state index in [9.17, 15) is 9.90 Å². The standard InChI is InChI=1S/C18H16N4O3/c1-25-16-9-5-8-13(17(16)23)11-19-22-18(24)15-10-14(20-21-15)12-6-3-2-4-7-12/h2-11,23H,1H3,(H,20,21)(H,22,24)/b19-11-. The molecule has 0 bridgehead atoms. The summed E-state index contributed by atoms with van der Waals surface area (Å²) in [5, 5.41) is 20.6. The molecule has 126 valence electrons. The van der Waals surface area contributed by atoms with Gasteiger partial charge in [-0.25, -0.2) is 5.43 Å². The lowest BCUT2D eigenvalue weighted by Gasteiger charge is -2.04. The van der Waals surface area contributed by atoms with Crippen molar-refractivity contribution in [2.45, 2.75) is 0 Å². The van der Waals surface area contributed by atoms with E-state index in [4.69, 9.17) is 4.74 Å². The molecule has 0 saturated carbocycles. The van der Waals surface area contributed by atoms with E-state index >= 15 is 0 Å². The van der Waals surface area contributed by atoms with E-state index in [-0.39, 0.29) is 11.4 Å². The van der Waals surface area contributed by atoms with E-state index in [2.05, 4.69) is 20.7 Å². The van der Waals surface area contributed by atoms with Crippen LogP contribution in [0.2, 0.25) is 0 Å². The molecule has 0 fully saturated rings. The highest BCUT2D eigenvalue weighted by atomic mass is 16.5. The van der Waals surface area contributed by atoms with E-state index < -0.39 is 5.91 Å². The first-order valence-corrected chi connectivity index (χ1v) is 7.49. The van der Waals surface area contributed by atoms with Gasteiger partial charge in [-0.1, -0.05) is 36.4 Å². The number of para-hydroxylation sites is 1. The predicted molar refractivity (Wildman–Crippen MR) is 93.7 cm³/mol. The van der Waals surface area contributed by atoms with Crippen LogP contribution in [-0.2, 0) is 0 Å². The predicted octanol–water partition coefficient (Wildman–Crippen LogP) is 2.55. The van der Waals surface area contributed by atoms with Crippen LogP contribution in [-0.4, -0.2) is 34.5 Å². The number of nitrogens with zero attached hydrogens (tertiary/aromatic N) is 2. The number of phenols is 1.